The van der Waals surface area contributed by atoms with Gasteiger partial charge in [-0.2, -0.15) is 0 Å². The number of anilines is 1. The Morgan fingerprint density at radius 1 is 1.00 bits per heavy atom. The molecule has 0 aliphatic heterocycles. The Morgan fingerprint density at radius 3 is 2.48 bits per heavy atom. The highest BCUT2D eigenvalue weighted by Crippen LogP contribution is 2.35. The van der Waals surface area contributed by atoms with Gasteiger partial charge in [-0.1, -0.05) is 48.5 Å². The van der Waals surface area contributed by atoms with E-state index in [1.165, 1.54) is 24.5 Å². The zero-order valence-electron chi connectivity index (χ0n) is 15.3. The van der Waals surface area contributed by atoms with Crippen LogP contribution in [0.2, 0.25) is 0 Å². The van der Waals surface area contributed by atoms with Gasteiger partial charge in [0.05, 0.1) is 12.8 Å². The summed E-state index contributed by atoms with van der Waals surface area (Å²) in [5, 5.41) is 3.27. The minimum atomic E-state index is -0.751. The number of thiophene rings is 1. The number of hydrogen-bond acceptors (Lipinski definition) is 6. The molecule has 2 heterocycles. The summed E-state index contributed by atoms with van der Waals surface area (Å²) < 4.78 is 10.1. The van der Waals surface area contributed by atoms with Crippen molar-refractivity contribution in [2.75, 3.05) is 12.4 Å². The molecule has 1 amide bonds. The fourth-order valence-corrected chi connectivity index (χ4v) is 3.92. The van der Waals surface area contributed by atoms with E-state index in [0.717, 1.165) is 10.4 Å². The molecule has 1 N–H and O–H groups in total. The Balaban J connectivity index is 1.72. The number of fused-ring (bicyclic) bond motifs is 1. The van der Waals surface area contributed by atoms with Crippen LogP contribution in [-0.2, 0) is 4.74 Å². The first-order valence-corrected chi connectivity index (χ1v) is 9.50. The zero-order valence-corrected chi connectivity index (χ0v) is 16.1. The summed E-state index contributed by atoms with van der Waals surface area (Å²) in [5.41, 5.74) is 0.670. The van der Waals surface area contributed by atoms with Crippen molar-refractivity contribution in [3.05, 3.63) is 87.6 Å². The molecule has 7 heteroatoms. The molecule has 4 rings (SSSR count). The Hall–Kier alpha value is -3.71. The number of carbonyl (C=O) groups excluding carboxylic acids is 2. The molecule has 144 valence electrons. The monoisotopic (exact) mass is 405 g/mol. The molecule has 0 spiro atoms. The smallest absolute Gasteiger partial charge is 0.350 e. The van der Waals surface area contributed by atoms with Crippen LogP contribution in [0.25, 0.3) is 21.4 Å². The Bertz CT molecular complexity index is 1270. The predicted octanol–water partition coefficient (Wildman–Crippen LogP) is 4.56. The summed E-state index contributed by atoms with van der Waals surface area (Å²) in [6, 6.07) is 19.5. The fourth-order valence-electron chi connectivity index (χ4n) is 2.88. The highest BCUT2D eigenvalue weighted by atomic mass is 32.1. The average Bonchev–Trinajstić information content (AvgIpc) is 3.17. The van der Waals surface area contributed by atoms with Crippen LogP contribution in [-0.4, -0.2) is 19.0 Å². The third-order valence-corrected chi connectivity index (χ3v) is 5.46. The number of para-hydroxylation sites is 1. The molecule has 0 saturated heterocycles. The molecule has 0 aliphatic carbocycles. The maximum atomic E-state index is 12.8. The highest BCUT2D eigenvalue weighted by molar-refractivity contribution is 7.18. The zero-order chi connectivity index (χ0) is 20.4. The predicted molar refractivity (Wildman–Crippen MR) is 112 cm³/mol. The summed E-state index contributed by atoms with van der Waals surface area (Å²) >= 11 is 1.20. The molecule has 2 aromatic heterocycles. The maximum Gasteiger partial charge on any atom is 0.350 e. The first-order valence-electron chi connectivity index (χ1n) is 8.68. The molecule has 0 aliphatic rings. The lowest BCUT2D eigenvalue weighted by atomic mass is 10.1. The van der Waals surface area contributed by atoms with Gasteiger partial charge in [0.1, 0.15) is 16.0 Å². The molecule has 0 unspecified atom stereocenters. The standard InChI is InChI=1S/C22H15NO5S/c1-27-22(26)19-16(12-18(29-19)13-7-3-2-4-8-13)23-20(24)15-11-14-9-5-6-10-17(14)28-21(15)25/h2-12H,1H3,(H,23,24). The number of methoxy groups -OCH3 is 1. The summed E-state index contributed by atoms with van der Waals surface area (Å²) in [6.45, 7) is 0. The van der Waals surface area contributed by atoms with Gasteiger partial charge in [-0.3, -0.25) is 4.79 Å². The number of rotatable bonds is 4. The van der Waals surface area contributed by atoms with E-state index in [1.54, 1.807) is 30.3 Å². The molecule has 0 radical (unpaired) electrons. The van der Waals surface area contributed by atoms with Crippen LogP contribution in [0.3, 0.4) is 0 Å². The van der Waals surface area contributed by atoms with Crippen molar-refractivity contribution in [1.82, 2.24) is 0 Å². The fraction of sp³-hybridized carbons (Fsp3) is 0.0455. The van der Waals surface area contributed by atoms with Crippen LogP contribution in [0.1, 0.15) is 20.0 Å². The van der Waals surface area contributed by atoms with Crippen LogP contribution in [0, 0.1) is 0 Å². The number of ether oxygens (including phenoxy) is 1. The van der Waals surface area contributed by atoms with Crippen LogP contribution in [0.5, 0.6) is 0 Å². The van der Waals surface area contributed by atoms with Crippen molar-refractivity contribution in [1.29, 1.82) is 0 Å². The molecule has 0 saturated carbocycles. The minimum absolute atomic E-state index is 0.146. The highest BCUT2D eigenvalue weighted by Gasteiger charge is 2.21. The van der Waals surface area contributed by atoms with E-state index in [2.05, 4.69) is 5.32 Å². The van der Waals surface area contributed by atoms with Gasteiger partial charge in [-0.05, 0) is 23.8 Å². The lowest BCUT2D eigenvalue weighted by molar-refractivity contribution is 0.0607. The lowest BCUT2D eigenvalue weighted by Crippen LogP contribution is -2.21. The number of carbonyl (C=O) groups is 2. The largest absolute Gasteiger partial charge is 0.465 e. The van der Waals surface area contributed by atoms with Crippen LogP contribution >= 0.6 is 11.3 Å². The second-order valence-corrected chi connectivity index (χ2v) is 7.20. The number of benzene rings is 2. The van der Waals surface area contributed by atoms with Crippen molar-refractivity contribution >= 4 is 39.9 Å². The van der Waals surface area contributed by atoms with Crippen molar-refractivity contribution in [2.45, 2.75) is 0 Å². The Morgan fingerprint density at radius 2 is 1.72 bits per heavy atom. The molecule has 6 nitrogen and oxygen atoms in total. The third-order valence-electron chi connectivity index (χ3n) is 4.30. The number of hydrogen-bond donors (Lipinski definition) is 1. The molecule has 0 bridgehead atoms. The number of nitrogens with one attached hydrogen (secondary N) is 1. The van der Waals surface area contributed by atoms with Gasteiger partial charge >= 0.3 is 11.6 Å². The normalized spacial score (nSPS) is 10.7. The van der Waals surface area contributed by atoms with Crippen LogP contribution in [0.4, 0.5) is 5.69 Å². The second-order valence-electron chi connectivity index (χ2n) is 6.15. The van der Waals surface area contributed by atoms with Crippen LogP contribution < -0.4 is 10.9 Å². The van der Waals surface area contributed by atoms with Crippen molar-refractivity contribution in [2.24, 2.45) is 0 Å². The average molecular weight is 405 g/mol. The first kappa shape index (κ1) is 18.6. The topological polar surface area (TPSA) is 85.6 Å². The molecule has 0 atom stereocenters. The lowest BCUT2D eigenvalue weighted by Gasteiger charge is -2.05. The SMILES string of the molecule is COC(=O)c1sc(-c2ccccc2)cc1NC(=O)c1cc2ccccc2oc1=O. The van der Waals surface area contributed by atoms with Gasteiger partial charge in [0.2, 0.25) is 0 Å². The molecule has 0 fully saturated rings. The minimum Gasteiger partial charge on any atom is -0.465 e. The van der Waals surface area contributed by atoms with E-state index in [-0.39, 0.29) is 16.1 Å². The summed E-state index contributed by atoms with van der Waals surface area (Å²) in [4.78, 5) is 38.2. The van der Waals surface area contributed by atoms with Gasteiger partial charge in [0.25, 0.3) is 5.91 Å². The van der Waals surface area contributed by atoms with Gasteiger partial charge in [0.15, 0.2) is 0 Å². The maximum absolute atomic E-state index is 12.8. The number of amides is 1. The summed E-state index contributed by atoms with van der Waals surface area (Å²) in [7, 11) is 1.27. The van der Waals surface area contributed by atoms with E-state index in [9.17, 15) is 14.4 Å². The van der Waals surface area contributed by atoms with E-state index < -0.39 is 17.5 Å². The van der Waals surface area contributed by atoms with Crippen molar-refractivity contribution in [3.8, 4) is 10.4 Å². The molecular formula is C22H15NO5S. The second kappa shape index (κ2) is 7.73. The van der Waals surface area contributed by atoms with Crippen molar-refractivity contribution < 1.29 is 18.7 Å². The molecular weight excluding hydrogens is 390 g/mol. The van der Waals surface area contributed by atoms with E-state index in [0.29, 0.717) is 11.0 Å². The molecule has 4 aromatic rings. The van der Waals surface area contributed by atoms with E-state index >= 15 is 0 Å². The first-order chi connectivity index (χ1) is 14.1. The van der Waals surface area contributed by atoms with Crippen LogP contribution in [0.15, 0.2) is 75.9 Å². The molecule has 29 heavy (non-hydrogen) atoms. The Labute approximate surface area is 169 Å². The van der Waals surface area contributed by atoms with Gasteiger partial charge in [0, 0.05) is 10.3 Å². The molecule has 2 aromatic carbocycles. The number of esters is 1. The summed E-state index contributed by atoms with van der Waals surface area (Å²) in [6.07, 6.45) is 0. The quantitative estimate of drug-likeness (QED) is 0.397. The summed E-state index contributed by atoms with van der Waals surface area (Å²) in [5.74, 6) is -1.23. The Kier molecular flexibility index (Phi) is 4.97. The van der Waals surface area contributed by atoms with Crippen molar-refractivity contribution in [3.63, 3.8) is 0 Å². The van der Waals surface area contributed by atoms with Gasteiger partial charge in [-0.15, -0.1) is 11.3 Å². The third kappa shape index (κ3) is 3.68. The van der Waals surface area contributed by atoms with E-state index in [1.807, 2.05) is 30.3 Å². The van der Waals surface area contributed by atoms with Gasteiger partial charge in [-0.25, -0.2) is 9.59 Å². The van der Waals surface area contributed by atoms with Gasteiger partial charge < -0.3 is 14.5 Å². The van der Waals surface area contributed by atoms with E-state index in [4.69, 9.17) is 9.15 Å².